The first kappa shape index (κ1) is 26.3. The number of nitrogens with one attached hydrogen (secondary N) is 1. The topological polar surface area (TPSA) is 146 Å². The third-order valence-corrected chi connectivity index (χ3v) is 4.38. The van der Waals surface area contributed by atoms with Gasteiger partial charge < -0.3 is 29.8 Å². The second-order valence-corrected chi connectivity index (χ2v) is 7.18. The molecule has 0 aliphatic carbocycles. The van der Waals surface area contributed by atoms with Crippen molar-refractivity contribution in [2.45, 2.75) is 19.4 Å². The van der Waals surface area contributed by atoms with Gasteiger partial charge in [0.1, 0.15) is 29.8 Å². The molecule has 34 heavy (non-hydrogen) atoms. The summed E-state index contributed by atoms with van der Waals surface area (Å²) in [6.45, 7) is 3.59. The minimum Gasteiger partial charge on any atom is -0.491 e. The lowest BCUT2D eigenvalue weighted by atomic mass is 10.1. The van der Waals surface area contributed by atoms with Crippen LogP contribution in [0.2, 0.25) is 0 Å². The van der Waals surface area contributed by atoms with Crippen LogP contribution in [0.25, 0.3) is 22.3 Å². The van der Waals surface area contributed by atoms with Crippen molar-refractivity contribution in [2.75, 3.05) is 19.7 Å². The summed E-state index contributed by atoms with van der Waals surface area (Å²) in [5.41, 5.74) is 1.21. The minimum atomic E-state index is -1.26. The van der Waals surface area contributed by atoms with E-state index < -0.39 is 18.0 Å². The zero-order valence-electron chi connectivity index (χ0n) is 18.6. The van der Waals surface area contributed by atoms with Gasteiger partial charge in [-0.15, -0.1) is 0 Å². The highest BCUT2D eigenvalue weighted by molar-refractivity contribution is 5.89. The van der Waals surface area contributed by atoms with E-state index in [1.54, 1.807) is 18.2 Å². The van der Waals surface area contributed by atoms with Gasteiger partial charge in [0.2, 0.25) is 0 Å². The molecule has 3 aromatic rings. The molecule has 1 atom stereocenters. The van der Waals surface area contributed by atoms with Crippen molar-refractivity contribution in [1.82, 2.24) is 5.32 Å². The fraction of sp³-hybridized carbons (Fsp3) is 0.240. The van der Waals surface area contributed by atoms with Crippen molar-refractivity contribution in [2.24, 2.45) is 0 Å². The summed E-state index contributed by atoms with van der Waals surface area (Å²) in [5.74, 6) is -1.44. The second-order valence-electron chi connectivity index (χ2n) is 7.18. The molecule has 9 heteroatoms. The average Bonchev–Trinajstić information content (AvgIpc) is 2.82. The van der Waals surface area contributed by atoms with E-state index in [1.807, 2.05) is 30.3 Å². The quantitative estimate of drug-likeness (QED) is 0.260. The molecule has 1 heterocycles. The van der Waals surface area contributed by atoms with Crippen molar-refractivity contribution in [3.8, 4) is 17.1 Å². The number of aliphatic hydroxyl groups is 1. The molecule has 9 nitrogen and oxygen atoms in total. The van der Waals surface area contributed by atoms with Crippen molar-refractivity contribution >= 4 is 22.9 Å². The molecule has 2 aromatic carbocycles. The van der Waals surface area contributed by atoms with Crippen LogP contribution in [0.15, 0.2) is 76.0 Å². The number of carbonyl (C=O) groups is 2. The summed E-state index contributed by atoms with van der Waals surface area (Å²) in [7, 11) is 0. The van der Waals surface area contributed by atoms with Crippen LogP contribution in [0.5, 0.6) is 5.75 Å². The Labute approximate surface area is 195 Å². The number of hydrogen-bond donors (Lipinski definition) is 4. The maximum atomic E-state index is 12.3. The van der Waals surface area contributed by atoms with Gasteiger partial charge in [-0.25, -0.2) is 9.59 Å². The molecule has 3 rings (SSSR count). The first-order chi connectivity index (χ1) is 16.3. The fourth-order valence-electron chi connectivity index (χ4n) is 2.81. The largest absolute Gasteiger partial charge is 0.491 e. The lowest BCUT2D eigenvalue weighted by molar-refractivity contribution is -0.134. The lowest BCUT2D eigenvalue weighted by Crippen LogP contribution is -2.31. The maximum absolute atomic E-state index is 12.3. The Morgan fingerprint density at radius 3 is 2.35 bits per heavy atom. The van der Waals surface area contributed by atoms with Crippen LogP contribution in [0.4, 0.5) is 0 Å². The Morgan fingerprint density at radius 1 is 1.06 bits per heavy atom. The number of rotatable bonds is 10. The van der Waals surface area contributed by atoms with E-state index in [2.05, 4.69) is 12.2 Å². The van der Waals surface area contributed by atoms with E-state index in [4.69, 9.17) is 19.4 Å². The van der Waals surface area contributed by atoms with E-state index in [9.17, 15) is 19.5 Å². The molecule has 0 radical (unpaired) electrons. The van der Waals surface area contributed by atoms with Crippen LogP contribution >= 0.6 is 0 Å². The Hall–Kier alpha value is -3.95. The highest BCUT2D eigenvalue weighted by Crippen LogP contribution is 2.24. The Bertz CT molecular complexity index is 1150. The molecule has 0 aliphatic heterocycles. The molecule has 0 saturated heterocycles. The number of carboxylic acid groups (broad SMARTS) is 2. The molecule has 4 N–H and O–H groups in total. The number of carboxylic acids is 2. The SMILES string of the molecule is CCCNCC(O)COc1ccc2c(=O)cc(-c3ccccc3)oc2c1.O=C(O)/C=C/C(=O)O. The van der Waals surface area contributed by atoms with Crippen molar-refractivity contribution in [3.63, 3.8) is 0 Å². The van der Waals surface area contributed by atoms with Crippen molar-refractivity contribution < 1.29 is 34.1 Å². The summed E-state index contributed by atoms with van der Waals surface area (Å²) >= 11 is 0. The van der Waals surface area contributed by atoms with Gasteiger partial charge in [-0.1, -0.05) is 37.3 Å². The highest BCUT2D eigenvalue weighted by atomic mass is 16.5. The second kappa shape index (κ2) is 13.6. The molecule has 1 aromatic heterocycles. The number of aliphatic hydroxyl groups excluding tert-OH is 1. The number of aliphatic carboxylic acids is 2. The molecule has 0 saturated carbocycles. The Kier molecular flexibility index (Phi) is 10.5. The smallest absolute Gasteiger partial charge is 0.328 e. The van der Waals surface area contributed by atoms with Gasteiger partial charge in [-0.2, -0.15) is 0 Å². The van der Waals surface area contributed by atoms with Crippen LogP contribution in [0.1, 0.15) is 13.3 Å². The summed E-state index contributed by atoms with van der Waals surface area (Å²) in [5, 5.41) is 29.2. The van der Waals surface area contributed by atoms with Gasteiger partial charge in [0.05, 0.1) is 5.39 Å². The number of benzene rings is 2. The van der Waals surface area contributed by atoms with E-state index in [1.165, 1.54) is 6.07 Å². The number of fused-ring (bicyclic) bond motifs is 1. The Morgan fingerprint density at radius 2 is 1.74 bits per heavy atom. The molecule has 1 unspecified atom stereocenters. The van der Waals surface area contributed by atoms with Crippen LogP contribution in [0, 0.1) is 0 Å². The first-order valence-electron chi connectivity index (χ1n) is 10.6. The number of ether oxygens (including phenoxy) is 1. The van der Waals surface area contributed by atoms with E-state index in [0.29, 0.717) is 41.2 Å². The standard InChI is InChI=1S/C21H23NO4.C4H4O4/c1-2-10-22-13-16(23)14-25-17-8-9-18-19(24)12-20(26-21(18)11-17)15-6-4-3-5-7-15;5-3(6)1-2-4(7)8/h3-9,11-12,16,22-23H,2,10,13-14H2,1H3;1-2H,(H,5,6)(H,7,8)/b;2-1+. The average molecular weight is 469 g/mol. The fourth-order valence-corrected chi connectivity index (χ4v) is 2.81. The third kappa shape index (κ3) is 8.89. The molecular formula is C25H27NO8. The molecule has 0 amide bonds. The molecule has 0 spiro atoms. The van der Waals surface area contributed by atoms with Gasteiger partial charge in [-0.05, 0) is 25.1 Å². The third-order valence-electron chi connectivity index (χ3n) is 4.38. The van der Waals surface area contributed by atoms with Crippen molar-refractivity contribution in [3.05, 3.63) is 77.0 Å². The summed E-state index contributed by atoms with van der Waals surface area (Å²) in [6, 6.07) is 16.1. The van der Waals surface area contributed by atoms with Gasteiger partial charge in [0.25, 0.3) is 0 Å². The lowest BCUT2D eigenvalue weighted by Gasteiger charge is -2.13. The first-order valence-corrected chi connectivity index (χ1v) is 10.6. The zero-order valence-corrected chi connectivity index (χ0v) is 18.6. The van der Waals surface area contributed by atoms with Crippen LogP contribution in [-0.4, -0.2) is 53.1 Å². The van der Waals surface area contributed by atoms with Crippen molar-refractivity contribution in [1.29, 1.82) is 0 Å². The predicted octanol–water partition coefficient (Wildman–Crippen LogP) is 2.91. The van der Waals surface area contributed by atoms with Crippen LogP contribution in [-0.2, 0) is 9.59 Å². The normalized spacial score (nSPS) is 11.6. The predicted molar refractivity (Wildman–Crippen MR) is 127 cm³/mol. The summed E-state index contributed by atoms with van der Waals surface area (Å²) < 4.78 is 11.5. The molecule has 0 aliphatic rings. The molecular weight excluding hydrogens is 442 g/mol. The Balaban J connectivity index is 0.000000440. The van der Waals surface area contributed by atoms with E-state index in [0.717, 1.165) is 18.5 Å². The van der Waals surface area contributed by atoms with E-state index >= 15 is 0 Å². The molecule has 0 fully saturated rings. The summed E-state index contributed by atoms with van der Waals surface area (Å²) in [4.78, 5) is 31.5. The molecule has 180 valence electrons. The molecule has 0 bridgehead atoms. The summed E-state index contributed by atoms with van der Waals surface area (Å²) in [6.07, 6.45) is 1.53. The van der Waals surface area contributed by atoms with Gasteiger partial charge in [0, 0.05) is 36.4 Å². The van der Waals surface area contributed by atoms with Gasteiger partial charge in [-0.3, -0.25) is 4.79 Å². The van der Waals surface area contributed by atoms with Gasteiger partial charge in [0.15, 0.2) is 5.43 Å². The monoisotopic (exact) mass is 469 g/mol. The van der Waals surface area contributed by atoms with Crippen LogP contribution < -0.4 is 15.5 Å². The number of hydrogen-bond acceptors (Lipinski definition) is 7. The minimum absolute atomic E-state index is 0.0968. The van der Waals surface area contributed by atoms with Crippen LogP contribution in [0.3, 0.4) is 0 Å². The maximum Gasteiger partial charge on any atom is 0.328 e. The van der Waals surface area contributed by atoms with Gasteiger partial charge >= 0.3 is 11.9 Å². The van der Waals surface area contributed by atoms with E-state index in [-0.39, 0.29) is 12.0 Å². The highest BCUT2D eigenvalue weighted by Gasteiger charge is 2.09. The zero-order chi connectivity index (χ0) is 24.9.